The Bertz CT molecular complexity index is 604. The number of nitrogens with zero attached hydrogens (tertiary/aromatic N) is 2. The third-order valence-corrected chi connectivity index (χ3v) is 4.95. The largest absolute Gasteiger partial charge is 0.337 e. The first-order valence-corrected chi connectivity index (χ1v) is 6.69. The van der Waals surface area contributed by atoms with E-state index in [0.29, 0.717) is 28.6 Å². The summed E-state index contributed by atoms with van der Waals surface area (Å²) in [6, 6.07) is 0. The molecule has 19 heavy (non-hydrogen) atoms. The first-order chi connectivity index (χ1) is 8.82. The molecular formula is C14H19N3O2. The van der Waals surface area contributed by atoms with E-state index in [1.807, 2.05) is 0 Å². The van der Waals surface area contributed by atoms with Crippen molar-refractivity contribution in [3.05, 3.63) is 27.4 Å². The lowest BCUT2D eigenvalue weighted by molar-refractivity contribution is 0.0750. The van der Waals surface area contributed by atoms with Gasteiger partial charge < -0.3 is 9.88 Å². The molecule has 2 atom stereocenters. The number of rotatable bonds is 1. The summed E-state index contributed by atoms with van der Waals surface area (Å²) in [4.78, 5) is 32.8. The third-order valence-electron chi connectivity index (χ3n) is 4.95. The van der Waals surface area contributed by atoms with Crippen molar-refractivity contribution in [3.63, 3.8) is 0 Å². The second kappa shape index (κ2) is 3.68. The molecule has 0 bridgehead atoms. The van der Waals surface area contributed by atoms with Gasteiger partial charge in [-0.25, -0.2) is 4.98 Å². The molecule has 1 aliphatic heterocycles. The zero-order chi connectivity index (χ0) is 13.9. The van der Waals surface area contributed by atoms with Crippen LogP contribution in [0.5, 0.6) is 0 Å². The highest BCUT2D eigenvalue weighted by Gasteiger charge is 2.62. The van der Waals surface area contributed by atoms with E-state index in [1.54, 1.807) is 18.7 Å². The van der Waals surface area contributed by atoms with Crippen LogP contribution in [0.15, 0.2) is 4.79 Å². The molecule has 2 unspecified atom stereocenters. The number of piperidine rings is 1. The maximum absolute atomic E-state index is 12.4. The number of amides is 1. The Hall–Kier alpha value is -1.65. The number of aromatic amines is 1. The number of aryl methyl sites for hydroxylation is 2. The van der Waals surface area contributed by atoms with Crippen molar-refractivity contribution in [3.8, 4) is 0 Å². The molecule has 5 nitrogen and oxygen atoms in total. The number of carbonyl (C=O) groups excluding carboxylic acids is 1. The van der Waals surface area contributed by atoms with Gasteiger partial charge in [0.25, 0.3) is 11.5 Å². The van der Waals surface area contributed by atoms with Crippen LogP contribution in [0.4, 0.5) is 0 Å². The number of fused-ring (bicyclic) bond motifs is 1. The summed E-state index contributed by atoms with van der Waals surface area (Å²) in [5, 5.41) is 0. The van der Waals surface area contributed by atoms with E-state index in [9.17, 15) is 9.59 Å². The fourth-order valence-electron chi connectivity index (χ4n) is 3.21. The van der Waals surface area contributed by atoms with Crippen molar-refractivity contribution >= 4 is 5.91 Å². The summed E-state index contributed by atoms with van der Waals surface area (Å²) in [6.07, 6.45) is 0. The van der Waals surface area contributed by atoms with Crippen LogP contribution in [0, 0.1) is 31.1 Å². The van der Waals surface area contributed by atoms with Crippen molar-refractivity contribution in [2.24, 2.45) is 17.3 Å². The van der Waals surface area contributed by atoms with Gasteiger partial charge in [0, 0.05) is 18.8 Å². The zero-order valence-electron chi connectivity index (χ0n) is 11.8. The summed E-state index contributed by atoms with van der Waals surface area (Å²) in [5.41, 5.74) is 1.43. The number of nitrogens with one attached hydrogen (secondary N) is 1. The molecule has 2 fully saturated rings. The smallest absolute Gasteiger partial charge is 0.279 e. The topological polar surface area (TPSA) is 66.1 Å². The van der Waals surface area contributed by atoms with Crippen molar-refractivity contribution in [2.45, 2.75) is 27.7 Å². The third kappa shape index (κ3) is 1.71. The van der Waals surface area contributed by atoms with Gasteiger partial charge in [0.1, 0.15) is 0 Å². The second-order valence-electron chi connectivity index (χ2n) is 6.37. The van der Waals surface area contributed by atoms with Crippen molar-refractivity contribution < 1.29 is 4.79 Å². The Kier molecular flexibility index (Phi) is 2.40. The maximum Gasteiger partial charge on any atom is 0.279 e. The van der Waals surface area contributed by atoms with Crippen LogP contribution in [0.1, 0.15) is 35.7 Å². The molecule has 1 N–H and O–H groups in total. The number of carbonyl (C=O) groups is 1. The number of hydrogen-bond donors (Lipinski definition) is 1. The van der Waals surface area contributed by atoms with Gasteiger partial charge in [-0.1, -0.05) is 13.8 Å². The lowest BCUT2D eigenvalue weighted by Crippen LogP contribution is -2.37. The molecule has 1 saturated heterocycles. The van der Waals surface area contributed by atoms with E-state index in [1.165, 1.54) is 0 Å². The summed E-state index contributed by atoms with van der Waals surface area (Å²) in [7, 11) is 0. The fourth-order valence-corrected chi connectivity index (χ4v) is 3.21. The van der Waals surface area contributed by atoms with E-state index in [-0.39, 0.29) is 17.2 Å². The van der Waals surface area contributed by atoms with Crippen LogP contribution in [0.3, 0.4) is 0 Å². The average Bonchev–Trinajstić information content (AvgIpc) is 2.74. The van der Waals surface area contributed by atoms with E-state index < -0.39 is 0 Å². The highest BCUT2D eigenvalue weighted by molar-refractivity contribution is 5.92. The van der Waals surface area contributed by atoms with Crippen LogP contribution in [0.2, 0.25) is 0 Å². The highest BCUT2D eigenvalue weighted by atomic mass is 16.2. The van der Waals surface area contributed by atoms with Crippen molar-refractivity contribution in [1.82, 2.24) is 14.9 Å². The minimum absolute atomic E-state index is 0.0298. The van der Waals surface area contributed by atoms with Gasteiger partial charge in [0.15, 0.2) is 5.69 Å². The Balaban J connectivity index is 1.83. The molecule has 2 heterocycles. The Morgan fingerprint density at radius 3 is 2.47 bits per heavy atom. The predicted octanol–water partition coefficient (Wildman–Crippen LogP) is 1.11. The molecular weight excluding hydrogens is 242 g/mol. The lowest BCUT2D eigenvalue weighted by atomic mass is 10.1. The van der Waals surface area contributed by atoms with Crippen LogP contribution in [-0.2, 0) is 0 Å². The van der Waals surface area contributed by atoms with Gasteiger partial charge in [-0.15, -0.1) is 0 Å². The summed E-state index contributed by atoms with van der Waals surface area (Å²) in [6.45, 7) is 9.57. The molecule has 0 aromatic carbocycles. The zero-order valence-corrected chi connectivity index (χ0v) is 11.8. The Labute approximate surface area is 112 Å². The van der Waals surface area contributed by atoms with Crippen LogP contribution in [0.25, 0.3) is 0 Å². The van der Waals surface area contributed by atoms with Gasteiger partial charge in [0.05, 0.1) is 5.69 Å². The molecule has 5 heteroatoms. The molecule has 1 aliphatic carbocycles. The molecule has 1 amide bonds. The minimum Gasteiger partial charge on any atom is -0.337 e. The first kappa shape index (κ1) is 12.4. The Morgan fingerprint density at radius 1 is 1.32 bits per heavy atom. The molecule has 2 aliphatic rings. The van der Waals surface area contributed by atoms with Crippen LogP contribution >= 0.6 is 0 Å². The van der Waals surface area contributed by atoms with Gasteiger partial charge in [-0.05, 0) is 31.1 Å². The molecule has 0 spiro atoms. The molecule has 1 aromatic rings. The van der Waals surface area contributed by atoms with Gasteiger partial charge >= 0.3 is 0 Å². The summed E-state index contributed by atoms with van der Waals surface area (Å²) in [5.74, 6) is 0.941. The predicted molar refractivity (Wildman–Crippen MR) is 71.0 cm³/mol. The SMILES string of the molecule is Cc1nc(C(=O)N2CC3C(C2)C3(C)C)c(=O)[nH]c1C. The Morgan fingerprint density at radius 2 is 1.89 bits per heavy atom. The minimum atomic E-state index is -0.382. The van der Waals surface area contributed by atoms with Gasteiger partial charge in [-0.3, -0.25) is 9.59 Å². The molecule has 3 rings (SSSR count). The van der Waals surface area contributed by atoms with Crippen LogP contribution < -0.4 is 5.56 Å². The standard InChI is InChI=1S/C14H19N3O2/c1-7-8(2)16-12(18)11(15-7)13(19)17-5-9-10(6-17)14(9,3)4/h9-10H,5-6H2,1-4H3,(H,16,18). The van der Waals surface area contributed by atoms with E-state index in [0.717, 1.165) is 13.1 Å². The van der Waals surface area contributed by atoms with Crippen molar-refractivity contribution in [1.29, 1.82) is 0 Å². The summed E-state index contributed by atoms with van der Waals surface area (Å²) < 4.78 is 0. The molecule has 1 saturated carbocycles. The van der Waals surface area contributed by atoms with E-state index in [4.69, 9.17) is 0 Å². The van der Waals surface area contributed by atoms with Crippen LogP contribution in [-0.4, -0.2) is 33.9 Å². The van der Waals surface area contributed by atoms with Crippen molar-refractivity contribution in [2.75, 3.05) is 13.1 Å². The van der Waals surface area contributed by atoms with E-state index >= 15 is 0 Å². The van der Waals surface area contributed by atoms with Gasteiger partial charge in [-0.2, -0.15) is 0 Å². The number of H-pyrrole nitrogens is 1. The molecule has 0 radical (unpaired) electrons. The van der Waals surface area contributed by atoms with Gasteiger partial charge in [0.2, 0.25) is 0 Å². The average molecular weight is 261 g/mol. The highest BCUT2D eigenvalue weighted by Crippen LogP contribution is 2.61. The number of aromatic nitrogens is 2. The first-order valence-electron chi connectivity index (χ1n) is 6.69. The van der Waals surface area contributed by atoms with E-state index in [2.05, 4.69) is 23.8 Å². The molecule has 1 aromatic heterocycles. The number of likely N-dealkylation sites (tertiary alicyclic amines) is 1. The monoisotopic (exact) mass is 261 g/mol. The second-order valence-corrected chi connectivity index (χ2v) is 6.37. The fraction of sp³-hybridized carbons (Fsp3) is 0.643. The maximum atomic E-state index is 12.4. The summed E-state index contributed by atoms with van der Waals surface area (Å²) >= 11 is 0. The normalized spacial score (nSPS) is 27.3. The lowest BCUT2D eigenvalue weighted by Gasteiger charge is -2.21. The number of hydrogen-bond acceptors (Lipinski definition) is 3. The molecule has 102 valence electrons. The quantitative estimate of drug-likeness (QED) is 0.823.